The lowest BCUT2D eigenvalue weighted by molar-refractivity contribution is 0.697. The smallest absolute Gasteiger partial charge is 0.226 e. The van der Waals surface area contributed by atoms with Gasteiger partial charge in [0, 0.05) is 38.2 Å². The lowest BCUT2D eigenvalue weighted by Crippen LogP contribution is -2.25. The van der Waals surface area contributed by atoms with Crippen LogP contribution in [0.2, 0.25) is 0 Å². The average Bonchev–Trinajstić information content (AvgIpc) is 2.95. The Morgan fingerprint density at radius 3 is 2.55 bits per heavy atom. The number of aromatic nitrogens is 3. The molecule has 1 fully saturated rings. The molecular formula is C17H23N5. The van der Waals surface area contributed by atoms with Gasteiger partial charge in [-0.15, -0.1) is 0 Å². The van der Waals surface area contributed by atoms with Gasteiger partial charge in [-0.2, -0.15) is 0 Å². The fourth-order valence-electron chi connectivity index (χ4n) is 3.07. The molecule has 3 heterocycles. The van der Waals surface area contributed by atoms with Crippen LogP contribution in [-0.2, 0) is 0 Å². The molecule has 0 radical (unpaired) electrons. The molecule has 3 rings (SSSR count). The third-order valence-corrected chi connectivity index (χ3v) is 4.09. The zero-order valence-corrected chi connectivity index (χ0v) is 13.7. The van der Waals surface area contributed by atoms with Gasteiger partial charge in [-0.25, -0.2) is 15.0 Å². The van der Waals surface area contributed by atoms with Gasteiger partial charge >= 0.3 is 0 Å². The summed E-state index contributed by atoms with van der Waals surface area (Å²) in [6, 6.07) is 6.64. The summed E-state index contributed by atoms with van der Waals surface area (Å²) in [5.41, 5.74) is 3.34. The number of pyridine rings is 1. The number of anilines is 2. The van der Waals surface area contributed by atoms with Crippen LogP contribution in [0.15, 0.2) is 24.4 Å². The van der Waals surface area contributed by atoms with E-state index in [1.54, 1.807) is 0 Å². The molecule has 1 atom stereocenters. The summed E-state index contributed by atoms with van der Waals surface area (Å²) in [6.07, 6.45) is 4.19. The first-order valence-corrected chi connectivity index (χ1v) is 7.77. The van der Waals surface area contributed by atoms with Gasteiger partial charge < -0.3 is 9.80 Å². The molecule has 1 aliphatic heterocycles. The van der Waals surface area contributed by atoms with E-state index in [1.165, 1.54) is 12.0 Å². The fourth-order valence-corrected chi connectivity index (χ4v) is 3.07. The highest BCUT2D eigenvalue weighted by Crippen LogP contribution is 2.35. The molecule has 5 nitrogen and oxygen atoms in total. The second-order valence-electron chi connectivity index (χ2n) is 6.14. The average molecular weight is 297 g/mol. The van der Waals surface area contributed by atoms with Crippen molar-refractivity contribution in [3.63, 3.8) is 0 Å². The van der Waals surface area contributed by atoms with Crippen molar-refractivity contribution in [1.82, 2.24) is 15.0 Å². The van der Waals surface area contributed by atoms with Crippen molar-refractivity contribution in [1.29, 1.82) is 0 Å². The topological polar surface area (TPSA) is 45.2 Å². The van der Waals surface area contributed by atoms with E-state index in [4.69, 9.17) is 0 Å². The minimum atomic E-state index is 0.336. The quantitative estimate of drug-likeness (QED) is 0.871. The first-order chi connectivity index (χ1) is 10.5. The normalized spacial score (nSPS) is 17.8. The first kappa shape index (κ1) is 14.8. The minimum Gasteiger partial charge on any atom is -0.363 e. The van der Waals surface area contributed by atoms with Gasteiger partial charge in [0.25, 0.3) is 0 Å². The van der Waals surface area contributed by atoms with Crippen LogP contribution in [0.25, 0.3) is 0 Å². The molecule has 0 N–H and O–H groups in total. The van der Waals surface area contributed by atoms with Crippen LogP contribution in [0.3, 0.4) is 0 Å². The fraction of sp³-hybridized carbons (Fsp3) is 0.471. The van der Waals surface area contributed by atoms with E-state index in [0.29, 0.717) is 6.04 Å². The lowest BCUT2D eigenvalue weighted by atomic mass is 10.1. The van der Waals surface area contributed by atoms with E-state index in [-0.39, 0.29) is 0 Å². The van der Waals surface area contributed by atoms with Crippen LogP contribution < -0.4 is 9.80 Å². The number of aryl methyl sites for hydroxylation is 2. The molecule has 0 amide bonds. The molecule has 0 bridgehead atoms. The Labute approximate surface area is 132 Å². The maximum atomic E-state index is 4.64. The molecule has 116 valence electrons. The van der Waals surface area contributed by atoms with Crippen LogP contribution in [0, 0.1) is 13.8 Å². The van der Waals surface area contributed by atoms with Crippen molar-refractivity contribution in [2.45, 2.75) is 32.7 Å². The Morgan fingerprint density at radius 2 is 1.86 bits per heavy atom. The van der Waals surface area contributed by atoms with Gasteiger partial charge in [-0.1, -0.05) is 0 Å². The Kier molecular flexibility index (Phi) is 3.96. The third-order valence-electron chi connectivity index (χ3n) is 4.09. The number of hydrogen-bond acceptors (Lipinski definition) is 5. The Balaban J connectivity index is 1.94. The summed E-state index contributed by atoms with van der Waals surface area (Å²) in [6.45, 7) is 5.06. The molecule has 0 aromatic carbocycles. The van der Waals surface area contributed by atoms with Gasteiger partial charge in [0.2, 0.25) is 5.95 Å². The van der Waals surface area contributed by atoms with Crippen LogP contribution in [0.4, 0.5) is 11.8 Å². The Hall–Kier alpha value is -2.17. The van der Waals surface area contributed by atoms with Gasteiger partial charge in [0.05, 0.1) is 6.04 Å². The van der Waals surface area contributed by atoms with Crippen LogP contribution in [0.5, 0.6) is 0 Å². The van der Waals surface area contributed by atoms with Crippen molar-refractivity contribution >= 4 is 11.8 Å². The molecule has 2 aromatic heterocycles. The van der Waals surface area contributed by atoms with Gasteiger partial charge in [0.1, 0.15) is 5.82 Å². The summed E-state index contributed by atoms with van der Waals surface area (Å²) >= 11 is 0. The second-order valence-corrected chi connectivity index (χ2v) is 6.14. The molecule has 2 aromatic rings. The second kappa shape index (κ2) is 5.91. The highest BCUT2D eigenvalue weighted by molar-refractivity contribution is 5.45. The van der Waals surface area contributed by atoms with E-state index < -0.39 is 0 Å². The van der Waals surface area contributed by atoms with Crippen molar-refractivity contribution in [3.05, 3.63) is 41.3 Å². The zero-order valence-electron chi connectivity index (χ0n) is 13.7. The molecule has 5 heteroatoms. The summed E-state index contributed by atoms with van der Waals surface area (Å²) in [5, 5.41) is 0. The van der Waals surface area contributed by atoms with E-state index >= 15 is 0 Å². The Bertz CT molecular complexity index is 648. The minimum absolute atomic E-state index is 0.336. The van der Waals surface area contributed by atoms with Crippen LogP contribution >= 0.6 is 0 Å². The van der Waals surface area contributed by atoms with Crippen LogP contribution in [-0.4, -0.2) is 35.6 Å². The SMILES string of the molecule is Cc1cc(C)nc(N2CCC[C@@H]2c2ccnc(N(C)C)c2)n1. The summed E-state index contributed by atoms with van der Waals surface area (Å²) in [4.78, 5) is 18.1. The molecule has 1 aliphatic rings. The molecular weight excluding hydrogens is 274 g/mol. The van der Waals surface area contributed by atoms with E-state index in [9.17, 15) is 0 Å². The predicted molar refractivity (Wildman–Crippen MR) is 89.4 cm³/mol. The molecule has 0 saturated carbocycles. The van der Waals surface area contributed by atoms with E-state index in [0.717, 1.165) is 36.1 Å². The first-order valence-electron chi connectivity index (χ1n) is 7.77. The monoisotopic (exact) mass is 297 g/mol. The van der Waals surface area contributed by atoms with Gasteiger partial charge in [-0.05, 0) is 50.5 Å². The molecule has 1 saturated heterocycles. The molecule has 22 heavy (non-hydrogen) atoms. The molecule has 0 aliphatic carbocycles. The number of rotatable bonds is 3. The summed E-state index contributed by atoms with van der Waals surface area (Å²) < 4.78 is 0. The maximum absolute atomic E-state index is 4.64. The van der Waals surface area contributed by atoms with Crippen molar-refractivity contribution in [3.8, 4) is 0 Å². The zero-order chi connectivity index (χ0) is 15.7. The highest BCUT2D eigenvalue weighted by Gasteiger charge is 2.28. The molecule has 0 unspecified atom stereocenters. The maximum Gasteiger partial charge on any atom is 0.226 e. The number of hydrogen-bond donors (Lipinski definition) is 0. The predicted octanol–water partition coefficient (Wildman–Crippen LogP) is 2.90. The third kappa shape index (κ3) is 2.89. The summed E-state index contributed by atoms with van der Waals surface area (Å²) in [7, 11) is 4.04. The van der Waals surface area contributed by atoms with Gasteiger partial charge in [-0.3, -0.25) is 0 Å². The van der Waals surface area contributed by atoms with Crippen molar-refractivity contribution in [2.24, 2.45) is 0 Å². The van der Waals surface area contributed by atoms with Crippen molar-refractivity contribution in [2.75, 3.05) is 30.4 Å². The van der Waals surface area contributed by atoms with E-state index in [2.05, 4.69) is 32.0 Å². The Morgan fingerprint density at radius 1 is 1.14 bits per heavy atom. The van der Waals surface area contributed by atoms with Crippen molar-refractivity contribution < 1.29 is 0 Å². The standard InChI is InChI=1S/C17H23N5/c1-12-10-13(2)20-17(19-12)22-9-5-6-15(22)14-7-8-18-16(11-14)21(3)4/h7-8,10-11,15H,5-6,9H2,1-4H3/t15-/m1/s1. The molecule has 0 spiro atoms. The van der Waals surface area contributed by atoms with Gasteiger partial charge in [0.15, 0.2) is 0 Å². The largest absolute Gasteiger partial charge is 0.363 e. The van der Waals surface area contributed by atoms with Crippen LogP contribution in [0.1, 0.15) is 35.8 Å². The lowest BCUT2D eigenvalue weighted by Gasteiger charge is -2.26. The highest BCUT2D eigenvalue weighted by atomic mass is 15.3. The number of nitrogens with zero attached hydrogens (tertiary/aromatic N) is 5. The van der Waals surface area contributed by atoms with E-state index in [1.807, 2.05) is 45.1 Å². The summed E-state index contributed by atoms with van der Waals surface area (Å²) in [5.74, 6) is 1.84.